The Balaban J connectivity index is 0.000000200. The van der Waals surface area contributed by atoms with Gasteiger partial charge in [0.2, 0.25) is 0 Å². The van der Waals surface area contributed by atoms with E-state index in [0.29, 0.717) is 17.2 Å². The van der Waals surface area contributed by atoms with Crippen molar-refractivity contribution < 1.29 is 15.0 Å². The summed E-state index contributed by atoms with van der Waals surface area (Å²) in [4.78, 5) is 14.1. The number of aromatic carboxylic acids is 1. The molecule has 0 amide bonds. The Bertz CT molecular complexity index is 549. The fourth-order valence-electron chi connectivity index (χ4n) is 1.14. The molecule has 0 radical (unpaired) electrons. The van der Waals surface area contributed by atoms with Crippen molar-refractivity contribution in [3.05, 3.63) is 42.1 Å². The van der Waals surface area contributed by atoms with Gasteiger partial charge in [0.15, 0.2) is 0 Å². The minimum absolute atomic E-state index is 0.176. The largest absolute Gasteiger partial charge is 0.507 e. The molecule has 0 aliphatic rings. The highest BCUT2D eigenvalue weighted by molar-refractivity contribution is 5.91. The maximum atomic E-state index is 10.4. The maximum Gasteiger partial charge on any atom is 0.339 e. The third-order valence-electron chi connectivity index (χ3n) is 2.06. The number of nitrogens with zero attached hydrogens (tertiary/aromatic N) is 1. The number of hydrogen-bond donors (Lipinski definition) is 5. The molecule has 100 valence electrons. The highest BCUT2D eigenvalue weighted by atomic mass is 16.4. The van der Waals surface area contributed by atoms with E-state index in [1.54, 1.807) is 12.1 Å². The smallest absolute Gasteiger partial charge is 0.339 e. The van der Waals surface area contributed by atoms with Crippen LogP contribution in [0.5, 0.6) is 5.75 Å². The standard InChI is InChI=1S/C7H7NO3.C5H7N3/c8-4-1-2-6(9)5(3-4)7(10)11;6-4-1-2-5(7)8-3-4/h1-3,9H,8H2,(H,10,11);1-3H,6H2,(H2,7,8). The lowest BCUT2D eigenvalue weighted by atomic mass is 10.2. The lowest BCUT2D eigenvalue weighted by molar-refractivity contribution is 0.0694. The number of anilines is 3. The Kier molecular flexibility index (Phi) is 4.53. The Morgan fingerprint density at radius 2 is 1.68 bits per heavy atom. The van der Waals surface area contributed by atoms with E-state index in [9.17, 15) is 4.79 Å². The summed E-state index contributed by atoms with van der Waals surface area (Å²) >= 11 is 0. The SMILES string of the molecule is Nc1ccc(N)nc1.Nc1ccc(O)c(C(=O)O)c1. The van der Waals surface area contributed by atoms with Gasteiger partial charge in [-0.2, -0.15) is 0 Å². The van der Waals surface area contributed by atoms with Gasteiger partial charge in [0, 0.05) is 5.69 Å². The van der Waals surface area contributed by atoms with Crippen LogP contribution < -0.4 is 17.2 Å². The van der Waals surface area contributed by atoms with E-state index in [-0.39, 0.29) is 11.3 Å². The molecular formula is C12H14N4O3. The second-order valence-corrected chi connectivity index (χ2v) is 3.60. The van der Waals surface area contributed by atoms with E-state index in [4.69, 9.17) is 27.4 Å². The first kappa shape index (κ1) is 14.1. The molecular weight excluding hydrogens is 248 g/mol. The van der Waals surface area contributed by atoms with Crippen LogP contribution in [0.1, 0.15) is 10.4 Å². The minimum Gasteiger partial charge on any atom is -0.507 e. The van der Waals surface area contributed by atoms with Crippen molar-refractivity contribution in [1.82, 2.24) is 4.98 Å². The molecule has 7 heteroatoms. The van der Waals surface area contributed by atoms with E-state index in [1.165, 1.54) is 24.4 Å². The van der Waals surface area contributed by atoms with Crippen molar-refractivity contribution in [3.63, 3.8) is 0 Å². The lowest BCUT2D eigenvalue weighted by Crippen LogP contribution is -1.97. The number of nitrogen functional groups attached to an aromatic ring is 3. The fraction of sp³-hybridized carbons (Fsp3) is 0. The number of aromatic hydroxyl groups is 1. The Labute approximate surface area is 109 Å². The number of rotatable bonds is 1. The number of benzene rings is 1. The van der Waals surface area contributed by atoms with Gasteiger partial charge in [0.05, 0.1) is 11.9 Å². The van der Waals surface area contributed by atoms with E-state index in [1.807, 2.05) is 0 Å². The van der Waals surface area contributed by atoms with Crippen LogP contribution in [0.2, 0.25) is 0 Å². The van der Waals surface area contributed by atoms with Gasteiger partial charge in [-0.15, -0.1) is 0 Å². The number of carbonyl (C=O) groups is 1. The molecule has 2 aromatic rings. The molecule has 7 nitrogen and oxygen atoms in total. The van der Waals surface area contributed by atoms with Crippen LogP contribution in [0.15, 0.2) is 36.5 Å². The van der Waals surface area contributed by atoms with Crippen LogP contribution in [0, 0.1) is 0 Å². The second-order valence-electron chi connectivity index (χ2n) is 3.60. The van der Waals surface area contributed by atoms with Crippen molar-refractivity contribution in [2.45, 2.75) is 0 Å². The van der Waals surface area contributed by atoms with Gasteiger partial charge in [-0.25, -0.2) is 9.78 Å². The number of phenols is 1. The summed E-state index contributed by atoms with van der Waals surface area (Å²) in [5.41, 5.74) is 16.6. The van der Waals surface area contributed by atoms with Crippen molar-refractivity contribution in [2.24, 2.45) is 0 Å². The summed E-state index contributed by atoms with van der Waals surface area (Å²) in [6.07, 6.45) is 1.52. The lowest BCUT2D eigenvalue weighted by Gasteiger charge is -1.98. The molecule has 0 aliphatic heterocycles. The van der Waals surface area contributed by atoms with Gasteiger partial charge in [0.1, 0.15) is 17.1 Å². The quantitative estimate of drug-likeness (QED) is 0.379. The maximum absolute atomic E-state index is 10.4. The van der Waals surface area contributed by atoms with Gasteiger partial charge in [-0.05, 0) is 30.3 Å². The Morgan fingerprint density at radius 1 is 1.05 bits per heavy atom. The highest BCUT2D eigenvalue weighted by Gasteiger charge is 2.08. The molecule has 1 heterocycles. The first-order valence-corrected chi connectivity index (χ1v) is 5.19. The molecule has 0 unspecified atom stereocenters. The van der Waals surface area contributed by atoms with Crippen LogP contribution in [0.25, 0.3) is 0 Å². The number of aromatic nitrogens is 1. The first-order chi connectivity index (χ1) is 8.90. The molecule has 2 rings (SSSR count). The predicted octanol–water partition coefficient (Wildman–Crippen LogP) is 0.919. The highest BCUT2D eigenvalue weighted by Crippen LogP contribution is 2.18. The zero-order valence-electron chi connectivity index (χ0n) is 9.95. The van der Waals surface area contributed by atoms with Crippen LogP contribution >= 0.6 is 0 Å². The third kappa shape index (κ3) is 4.43. The third-order valence-corrected chi connectivity index (χ3v) is 2.06. The van der Waals surface area contributed by atoms with Crippen LogP contribution in [0.4, 0.5) is 17.2 Å². The second kappa shape index (κ2) is 6.10. The summed E-state index contributed by atoms with van der Waals surface area (Å²) in [7, 11) is 0. The predicted molar refractivity (Wildman–Crippen MR) is 72.5 cm³/mol. The normalized spacial score (nSPS) is 9.26. The molecule has 0 fully saturated rings. The van der Waals surface area contributed by atoms with E-state index < -0.39 is 5.97 Å². The zero-order valence-corrected chi connectivity index (χ0v) is 9.95. The van der Waals surface area contributed by atoms with Gasteiger partial charge in [-0.1, -0.05) is 0 Å². The molecule has 1 aromatic heterocycles. The molecule has 0 saturated carbocycles. The van der Waals surface area contributed by atoms with Crippen molar-refractivity contribution in [1.29, 1.82) is 0 Å². The summed E-state index contributed by atoms with van der Waals surface area (Å²) < 4.78 is 0. The van der Waals surface area contributed by atoms with Gasteiger partial charge in [-0.3, -0.25) is 0 Å². The zero-order chi connectivity index (χ0) is 14.4. The number of carboxylic acids is 1. The van der Waals surface area contributed by atoms with E-state index >= 15 is 0 Å². The van der Waals surface area contributed by atoms with E-state index in [0.717, 1.165) is 0 Å². The van der Waals surface area contributed by atoms with Crippen LogP contribution in [-0.4, -0.2) is 21.2 Å². The summed E-state index contributed by atoms with van der Waals surface area (Å²) in [6, 6.07) is 7.26. The van der Waals surface area contributed by atoms with Crippen molar-refractivity contribution >= 4 is 23.2 Å². The summed E-state index contributed by atoms with van der Waals surface area (Å²) in [6.45, 7) is 0. The van der Waals surface area contributed by atoms with Gasteiger partial charge < -0.3 is 27.4 Å². The molecule has 0 atom stereocenters. The van der Waals surface area contributed by atoms with Gasteiger partial charge in [0.25, 0.3) is 0 Å². The summed E-state index contributed by atoms with van der Waals surface area (Å²) in [5.74, 6) is -0.958. The van der Waals surface area contributed by atoms with Crippen LogP contribution in [-0.2, 0) is 0 Å². The number of pyridine rings is 1. The number of nitrogens with two attached hydrogens (primary N) is 3. The molecule has 0 spiro atoms. The molecule has 8 N–H and O–H groups in total. The minimum atomic E-state index is -1.19. The fourth-order valence-corrected chi connectivity index (χ4v) is 1.14. The number of carboxylic acid groups (broad SMARTS) is 1. The molecule has 19 heavy (non-hydrogen) atoms. The average molecular weight is 262 g/mol. The van der Waals surface area contributed by atoms with Crippen molar-refractivity contribution in [3.8, 4) is 5.75 Å². The molecule has 0 saturated heterocycles. The molecule has 0 bridgehead atoms. The Hall–Kier alpha value is -2.96. The van der Waals surface area contributed by atoms with E-state index in [2.05, 4.69) is 4.98 Å². The first-order valence-electron chi connectivity index (χ1n) is 5.19. The van der Waals surface area contributed by atoms with Crippen molar-refractivity contribution in [2.75, 3.05) is 17.2 Å². The molecule has 1 aromatic carbocycles. The summed E-state index contributed by atoms with van der Waals surface area (Å²) in [5, 5.41) is 17.4. The average Bonchev–Trinajstić information content (AvgIpc) is 2.36. The Morgan fingerprint density at radius 3 is 2.11 bits per heavy atom. The van der Waals surface area contributed by atoms with Crippen LogP contribution in [0.3, 0.4) is 0 Å². The topological polar surface area (TPSA) is 148 Å². The number of hydrogen-bond acceptors (Lipinski definition) is 6. The molecule has 0 aliphatic carbocycles. The monoisotopic (exact) mass is 262 g/mol. The van der Waals surface area contributed by atoms with Gasteiger partial charge >= 0.3 is 5.97 Å².